The molecule has 0 radical (unpaired) electrons. The van der Waals surface area contributed by atoms with E-state index in [9.17, 15) is 4.79 Å². The molecule has 0 atom stereocenters. The number of hydrogen-bond donors (Lipinski definition) is 1. The van der Waals surface area contributed by atoms with Crippen molar-refractivity contribution in [1.82, 2.24) is 0 Å². The number of furan rings is 1. The van der Waals surface area contributed by atoms with Crippen LogP contribution in [0, 0.1) is 20.8 Å². The summed E-state index contributed by atoms with van der Waals surface area (Å²) < 4.78 is 5.58. The van der Waals surface area contributed by atoms with Gasteiger partial charge in [0.15, 0.2) is 0 Å². The number of hydrogen-bond acceptors (Lipinski definition) is 2. The first-order valence-electron chi connectivity index (χ1n) is 7.47. The van der Waals surface area contributed by atoms with Crippen molar-refractivity contribution in [2.75, 3.05) is 5.32 Å². The fraction of sp³-hybridized carbons (Fsp3) is 0.211. The second-order valence-corrected chi connectivity index (χ2v) is 6.31. The zero-order valence-electron chi connectivity index (χ0n) is 13.4. The van der Waals surface area contributed by atoms with Gasteiger partial charge in [0.05, 0.1) is 12.7 Å². The van der Waals surface area contributed by atoms with E-state index >= 15 is 0 Å². The number of rotatable bonds is 3. The minimum absolute atomic E-state index is 0.0728. The highest BCUT2D eigenvalue weighted by atomic mass is 35.5. The Morgan fingerprint density at radius 2 is 1.83 bits per heavy atom. The van der Waals surface area contributed by atoms with Crippen LogP contribution in [0.3, 0.4) is 0 Å². The molecule has 1 heterocycles. The molecule has 3 nitrogen and oxygen atoms in total. The largest absolute Gasteiger partial charge is 0.464 e. The zero-order valence-corrected chi connectivity index (χ0v) is 14.1. The van der Waals surface area contributed by atoms with Crippen molar-refractivity contribution < 1.29 is 9.21 Å². The van der Waals surface area contributed by atoms with Crippen LogP contribution in [-0.4, -0.2) is 5.91 Å². The van der Waals surface area contributed by atoms with Gasteiger partial charge in [-0.2, -0.15) is 0 Å². The number of anilines is 1. The first-order valence-corrected chi connectivity index (χ1v) is 7.85. The molecule has 0 unspecified atom stereocenters. The first kappa shape index (κ1) is 15.6. The van der Waals surface area contributed by atoms with Crippen LogP contribution in [0.25, 0.3) is 11.0 Å². The summed E-state index contributed by atoms with van der Waals surface area (Å²) >= 11 is 5.94. The van der Waals surface area contributed by atoms with Crippen LogP contribution in [-0.2, 0) is 11.2 Å². The highest BCUT2D eigenvalue weighted by molar-refractivity contribution is 6.30. The topological polar surface area (TPSA) is 42.2 Å². The minimum atomic E-state index is -0.0728. The summed E-state index contributed by atoms with van der Waals surface area (Å²) in [6.07, 6.45) is 1.94. The lowest BCUT2D eigenvalue weighted by Gasteiger charge is -2.08. The molecular formula is C19H18ClNO2. The molecule has 3 rings (SSSR count). The Bertz CT molecular complexity index is 896. The average molecular weight is 328 g/mol. The van der Waals surface area contributed by atoms with E-state index in [4.69, 9.17) is 16.0 Å². The highest BCUT2D eigenvalue weighted by Crippen LogP contribution is 2.26. The molecule has 0 aliphatic rings. The van der Waals surface area contributed by atoms with E-state index in [0.29, 0.717) is 5.02 Å². The Labute approximate surface area is 140 Å². The number of benzene rings is 2. The summed E-state index contributed by atoms with van der Waals surface area (Å²) in [6.45, 7) is 6.02. The number of halogens is 1. The predicted octanol–water partition coefficient (Wildman–Crippen LogP) is 5.19. The maximum Gasteiger partial charge on any atom is 0.228 e. The van der Waals surface area contributed by atoms with E-state index in [1.807, 2.05) is 32.0 Å². The highest BCUT2D eigenvalue weighted by Gasteiger charge is 2.12. The predicted molar refractivity (Wildman–Crippen MR) is 94.2 cm³/mol. The van der Waals surface area contributed by atoms with E-state index < -0.39 is 0 Å². The number of amides is 1. The minimum Gasteiger partial charge on any atom is -0.464 e. The third-order valence-corrected chi connectivity index (χ3v) is 4.32. The van der Waals surface area contributed by atoms with Gasteiger partial charge in [0.25, 0.3) is 0 Å². The molecule has 3 aromatic rings. The molecule has 1 N–H and O–H groups in total. The third-order valence-electron chi connectivity index (χ3n) is 4.08. The van der Waals surface area contributed by atoms with Gasteiger partial charge < -0.3 is 9.73 Å². The van der Waals surface area contributed by atoms with Gasteiger partial charge in [0, 0.05) is 21.7 Å². The van der Waals surface area contributed by atoms with Gasteiger partial charge in [-0.3, -0.25) is 4.79 Å². The standard InChI is InChI=1S/C19H18ClNO2/c1-11-7-16-14(10-23-18(16)8-12(11)2)9-19(22)21-17-5-4-15(20)6-13(17)3/h4-8,10H,9H2,1-3H3,(H,21,22). The summed E-state index contributed by atoms with van der Waals surface area (Å²) in [5.74, 6) is -0.0728. The Kier molecular flexibility index (Phi) is 4.14. The molecule has 2 aromatic carbocycles. The molecule has 1 amide bonds. The maximum atomic E-state index is 12.3. The molecular weight excluding hydrogens is 310 g/mol. The van der Waals surface area contributed by atoms with Crippen molar-refractivity contribution in [3.63, 3.8) is 0 Å². The number of nitrogens with one attached hydrogen (secondary N) is 1. The summed E-state index contributed by atoms with van der Waals surface area (Å²) in [4.78, 5) is 12.3. The first-order chi connectivity index (χ1) is 10.9. The van der Waals surface area contributed by atoms with E-state index in [1.165, 1.54) is 11.1 Å². The van der Waals surface area contributed by atoms with Crippen molar-refractivity contribution in [2.45, 2.75) is 27.2 Å². The number of fused-ring (bicyclic) bond motifs is 1. The van der Waals surface area contributed by atoms with Crippen molar-refractivity contribution in [1.29, 1.82) is 0 Å². The van der Waals surface area contributed by atoms with Crippen LogP contribution >= 0.6 is 11.6 Å². The van der Waals surface area contributed by atoms with E-state index in [0.717, 1.165) is 27.8 Å². The molecule has 0 saturated heterocycles. The van der Waals surface area contributed by atoms with Crippen LogP contribution in [0.4, 0.5) is 5.69 Å². The quantitative estimate of drug-likeness (QED) is 0.719. The molecule has 1 aromatic heterocycles. The molecule has 0 aliphatic heterocycles. The summed E-state index contributed by atoms with van der Waals surface area (Å²) in [7, 11) is 0. The lowest BCUT2D eigenvalue weighted by Crippen LogP contribution is -2.14. The summed E-state index contributed by atoms with van der Waals surface area (Å²) in [5.41, 5.74) is 5.80. The Morgan fingerprint density at radius 1 is 1.09 bits per heavy atom. The second kappa shape index (κ2) is 6.09. The third kappa shape index (κ3) is 3.25. The molecule has 4 heteroatoms. The molecule has 0 aliphatic carbocycles. The van der Waals surface area contributed by atoms with Gasteiger partial charge in [-0.15, -0.1) is 0 Å². The van der Waals surface area contributed by atoms with Crippen LogP contribution in [0.1, 0.15) is 22.3 Å². The van der Waals surface area contributed by atoms with Crippen LogP contribution in [0.5, 0.6) is 0 Å². The van der Waals surface area contributed by atoms with Gasteiger partial charge in [0.1, 0.15) is 5.58 Å². The Balaban J connectivity index is 1.81. The van der Waals surface area contributed by atoms with Crippen LogP contribution < -0.4 is 5.32 Å². The van der Waals surface area contributed by atoms with Crippen molar-refractivity contribution in [2.24, 2.45) is 0 Å². The van der Waals surface area contributed by atoms with Crippen molar-refractivity contribution >= 4 is 34.2 Å². The van der Waals surface area contributed by atoms with Gasteiger partial charge in [-0.25, -0.2) is 0 Å². The summed E-state index contributed by atoms with van der Waals surface area (Å²) in [5, 5.41) is 4.58. The molecule has 0 bridgehead atoms. The second-order valence-electron chi connectivity index (χ2n) is 5.88. The molecule has 118 valence electrons. The number of aryl methyl sites for hydroxylation is 3. The number of carbonyl (C=O) groups is 1. The lowest BCUT2D eigenvalue weighted by molar-refractivity contribution is -0.115. The van der Waals surface area contributed by atoms with Crippen LogP contribution in [0.15, 0.2) is 41.0 Å². The molecule has 0 fully saturated rings. The fourth-order valence-electron chi connectivity index (χ4n) is 2.61. The fourth-order valence-corrected chi connectivity index (χ4v) is 2.83. The zero-order chi connectivity index (χ0) is 16.6. The van der Waals surface area contributed by atoms with Crippen molar-refractivity contribution in [3.8, 4) is 0 Å². The molecule has 0 saturated carbocycles. The van der Waals surface area contributed by atoms with E-state index in [1.54, 1.807) is 12.3 Å². The van der Waals surface area contributed by atoms with E-state index in [2.05, 4.69) is 18.3 Å². The maximum absolute atomic E-state index is 12.3. The van der Waals surface area contributed by atoms with Gasteiger partial charge in [-0.1, -0.05) is 11.6 Å². The van der Waals surface area contributed by atoms with Gasteiger partial charge in [-0.05, 0) is 67.8 Å². The van der Waals surface area contributed by atoms with E-state index in [-0.39, 0.29) is 12.3 Å². The lowest BCUT2D eigenvalue weighted by atomic mass is 10.0. The summed E-state index contributed by atoms with van der Waals surface area (Å²) in [6, 6.07) is 9.50. The van der Waals surface area contributed by atoms with Gasteiger partial charge >= 0.3 is 0 Å². The molecule has 23 heavy (non-hydrogen) atoms. The number of carbonyl (C=O) groups excluding carboxylic acids is 1. The van der Waals surface area contributed by atoms with Crippen molar-refractivity contribution in [3.05, 3.63) is 63.9 Å². The Morgan fingerprint density at radius 3 is 2.57 bits per heavy atom. The molecule has 0 spiro atoms. The van der Waals surface area contributed by atoms with Crippen LogP contribution in [0.2, 0.25) is 5.02 Å². The normalized spacial score (nSPS) is 11.0. The SMILES string of the molecule is Cc1cc2occ(CC(=O)Nc3ccc(Cl)cc3C)c2cc1C. The van der Waals surface area contributed by atoms with Gasteiger partial charge in [0.2, 0.25) is 5.91 Å². The average Bonchev–Trinajstić information content (AvgIpc) is 2.85. The monoisotopic (exact) mass is 327 g/mol. The smallest absolute Gasteiger partial charge is 0.228 e. The Hall–Kier alpha value is -2.26.